The Labute approximate surface area is 141 Å². The van der Waals surface area contributed by atoms with E-state index in [1.165, 1.54) is 0 Å². The maximum atomic E-state index is 11.5. The Hall–Kier alpha value is -2.65. The highest BCUT2D eigenvalue weighted by Gasteiger charge is 2.17. The van der Waals surface area contributed by atoms with Gasteiger partial charge in [0.05, 0.1) is 24.7 Å². The first-order valence-corrected chi connectivity index (χ1v) is 8.24. The molecule has 0 radical (unpaired) electrons. The average molecular weight is 323 g/mol. The molecule has 0 saturated carbocycles. The minimum absolute atomic E-state index is 0.116. The molecule has 1 N–H and O–H groups in total. The molecule has 1 aromatic carbocycles. The normalized spacial score (nSPS) is 15.5. The van der Waals surface area contributed by atoms with Crippen molar-refractivity contribution in [2.45, 2.75) is 25.9 Å². The van der Waals surface area contributed by atoms with Crippen LogP contribution in [0.2, 0.25) is 0 Å². The minimum Gasteiger partial charge on any atom is -0.355 e. The van der Waals surface area contributed by atoms with Gasteiger partial charge in [0, 0.05) is 49.9 Å². The molecule has 1 saturated heterocycles. The van der Waals surface area contributed by atoms with E-state index in [0.29, 0.717) is 25.9 Å². The number of nitriles is 1. The fraction of sp³-hybridized carbons (Fsp3) is 0.389. The lowest BCUT2D eigenvalue weighted by Gasteiger charge is -2.18. The van der Waals surface area contributed by atoms with Crippen molar-refractivity contribution in [3.05, 3.63) is 42.1 Å². The Morgan fingerprint density at radius 2 is 2.08 bits per heavy atom. The second kappa shape index (κ2) is 7.75. The third-order valence-corrected chi connectivity index (χ3v) is 4.14. The van der Waals surface area contributed by atoms with Crippen LogP contribution in [0.1, 0.15) is 18.4 Å². The molecular formula is C18H21N5O. The first kappa shape index (κ1) is 16.2. The quantitative estimate of drug-likeness (QED) is 0.910. The molecule has 0 bridgehead atoms. The van der Waals surface area contributed by atoms with Crippen molar-refractivity contribution in [1.29, 1.82) is 5.26 Å². The number of hydrogen-bond donors (Lipinski definition) is 1. The van der Waals surface area contributed by atoms with Crippen LogP contribution in [0.5, 0.6) is 0 Å². The van der Waals surface area contributed by atoms with Crippen LogP contribution in [-0.4, -0.2) is 40.2 Å². The van der Waals surface area contributed by atoms with Crippen molar-refractivity contribution in [2.75, 3.05) is 19.6 Å². The van der Waals surface area contributed by atoms with E-state index in [1.54, 1.807) is 0 Å². The molecule has 6 nitrogen and oxygen atoms in total. The Kier molecular flexibility index (Phi) is 5.24. The fourth-order valence-electron chi connectivity index (χ4n) is 2.91. The summed E-state index contributed by atoms with van der Waals surface area (Å²) in [6, 6.07) is 12.3. The van der Waals surface area contributed by atoms with E-state index in [-0.39, 0.29) is 5.91 Å². The molecule has 0 aliphatic carbocycles. The molecule has 1 aliphatic heterocycles. The van der Waals surface area contributed by atoms with E-state index in [1.807, 2.05) is 41.2 Å². The second-order valence-electron chi connectivity index (χ2n) is 5.92. The van der Waals surface area contributed by atoms with Crippen LogP contribution in [0.25, 0.3) is 11.3 Å². The van der Waals surface area contributed by atoms with Gasteiger partial charge in [-0.3, -0.25) is 14.4 Å². The predicted octanol–water partition coefficient (Wildman–Crippen LogP) is 1.79. The van der Waals surface area contributed by atoms with Gasteiger partial charge in [0.15, 0.2) is 0 Å². The van der Waals surface area contributed by atoms with Gasteiger partial charge in [-0.25, -0.2) is 0 Å². The molecule has 0 unspecified atom stereocenters. The van der Waals surface area contributed by atoms with Gasteiger partial charge in [0.1, 0.15) is 0 Å². The van der Waals surface area contributed by atoms with Gasteiger partial charge in [-0.15, -0.1) is 0 Å². The minimum atomic E-state index is 0.116. The zero-order chi connectivity index (χ0) is 16.8. The molecule has 1 amide bonds. The summed E-state index contributed by atoms with van der Waals surface area (Å²) >= 11 is 0. The maximum absolute atomic E-state index is 11.5. The smallest absolute Gasteiger partial charge is 0.221 e. The van der Waals surface area contributed by atoms with Crippen molar-refractivity contribution in [3.63, 3.8) is 0 Å². The Morgan fingerprint density at radius 3 is 2.88 bits per heavy atom. The summed E-state index contributed by atoms with van der Waals surface area (Å²) in [6.45, 7) is 3.62. The molecule has 2 aromatic rings. The molecule has 2 heterocycles. The van der Waals surface area contributed by atoms with Crippen LogP contribution in [0.15, 0.2) is 36.5 Å². The molecule has 3 rings (SSSR count). The second-order valence-corrected chi connectivity index (χ2v) is 5.92. The van der Waals surface area contributed by atoms with E-state index in [9.17, 15) is 4.79 Å². The molecule has 24 heavy (non-hydrogen) atoms. The Balaban J connectivity index is 1.83. The molecule has 6 heteroatoms. The third-order valence-electron chi connectivity index (χ3n) is 4.14. The molecule has 1 aromatic heterocycles. The summed E-state index contributed by atoms with van der Waals surface area (Å²) in [6.07, 6.45) is 3.00. The number of aromatic nitrogens is 2. The molecule has 0 atom stereocenters. The highest BCUT2D eigenvalue weighted by Crippen LogP contribution is 2.23. The summed E-state index contributed by atoms with van der Waals surface area (Å²) in [5, 5.41) is 16.4. The standard InChI is InChI=1S/C18H21N5O/c19-8-4-10-23-14-16(13-22-11-7-17(24)20-9-12-22)18(21-23)15-5-2-1-3-6-15/h1-3,5-6,14H,4,7,9-13H2,(H,20,24). The van der Waals surface area contributed by atoms with Crippen molar-refractivity contribution in [2.24, 2.45) is 0 Å². The lowest BCUT2D eigenvalue weighted by Crippen LogP contribution is -2.28. The monoisotopic (exact) mass is 323 g/mol. The zero-order valence-corrected chi connectivity index (χ0v) is 13.6. The first-order chi connectivity index (χ1) is 11.8. The lowest BCUT2D eigenvalue weighted by atomic mass is 10.1. The summed E-state index contributed by atoms with van der Waals surface area (Å²) < 4.78 is 1.85. The molecule has 124 valence electrons. The number of carbonyl (C=O) groups excluding carboxylic acids is 1. The number of benzene rings is 1. The summed E-state index contributed by atoms with van der Waals surface area (Å²) in [7, 11) is 0. The highest BCUT2D eigenvalue weighted by molar-refractivity contribution is 5.76. The summed E-state index contributed by atoms with van der Waals surface area (Å²) in [4.78, 5) is 13.8. The third kappa shape index (κ3) is 4.00. The van der Waals surface area contributed by atoms with Crippen LogP contribution in [-0.2, 0) is 17.9 Å². The van der Waals surface area contributed by atoms with Crippen LogP contribution >= 0.6 is 0 Å². The van der Waals surface area contributed by atoms with E-state index in [0.717, 1.165) is 36.5 Å². The summed E-state index contributed by atoms with van der Waals surface area (Å²) in [5.74, 6) is 0.116. The molecule has 1 aliphatic rings. The van der Waals surface area contributed by atoms with Gasteiger partial charge < -0.3 is 5.32 Å². The van der Waals surface area contributed by atoms with Gasteiger partial charge >= 0.3 is 0 Å². The average Bonchev–Trinajstić information content (AvgIpc) is 2.89. The van der Waals surface area contributed by atoms with Crippen molar-refractivity contribution in [3.8, 4) is 17.3 Å². The van der Waals surface area contributed by atoms with E-state index in [4.69, 9.17) is 5.26 Å². The Morgan fingerprint density at radius 1 is 1.25 bits per heavy atom. The van der Waals surface area contributed by atoms with Crippen molar-refractivity contribution < 1.29 is 4.79 Å². The van der Waals surface area contributed by atoms with Gasteiger partial charge in [-0.1, -0.05) is 30.3 Å². The fourth-order valence-corrected chi connectivity index (χ4v) is 2.91. The largest absolute Gasteiger partial charge is 0.355 e. The van der Waals surface area contributed by atoms with Crippen LogP contribution in [0.4, 0.5) is 0 Å². The van der Waals surface area contributed by atoms with E-state index < -0.39 is 0 Å². The highest BCUT2D eigenvalue weighted by atomic mass is 16.1. The molecule has 0 spiro atoms. The topological polar surface area (TPSA) is 74.0 Å². The number of hydrogen-bond acceptors (Lipinski definition) is 4. The van der Waals surface area contributed by atoms with Crippen LogP contribution in [0, 0.1) is 11.3 Å². The van der Waals surface area contributed by atoms with Gasteiger partial charge in [-0.2, -0.15) is 10.4 Å². The van der Waals surface area contributed by atoms with E-state index in [2.05, 4.69) is 21.4 Å². The van der Waals surface area contributed by atoms with Gasteiger partial charge in [-0.05, 0) is 0 Å². The maximum Gasteiger partial charge on any atom is 0.221 e. The van der Waals surface area contributed by atoms with Crippen molar-refractivity contribution >= 4 is 5.91 Å². The summed E-state index contributed by atoms with van der Waals surface area (Å²) in [5.41, 5.74) is 3.16. The molecular weight excluding hydrogens is 302 g/mol. The SMILES string of the molecule is N#CCCn1cc(CN2CCNC(=O)CC2)c(-c2ccccc2)n1. The van der Waals surface area contributed by atoms with E-state index >= 15 is 0 Å². The first-order valence-electron chi connectivity index (χ1n) is 8.24. The number of amides is 1. The number of nitrogens with zero attached hydrogens (tertiary/aromatic N) is 4. The predicted molar refractivity (Wildman–Crippen MR) is 90.8 cm³/mol. The zero-order valence-electron chi connectivity index (χ0n) is 13.6. The number of nitrogens with one attached hydrogen (secondary N) is 1. The molecule has 1 fully saturated rings. The van der Waals surface area contributed by atoms with Crippen LogP contribution < -0.4 is 5.32 Å². The van der Waals surface area contributed by atoms with Gasteiger partial charge in [0.2, 0.25) is 5.91 Å². The number of rotatable bonds is 5. The number of aryl methyl sites for hydroxylation is 1. The number of carbonyl (C=O) groups is 1. The van der Waals surface area contributed by atoms with Gasteiger partial charge in [0.25, 0.3) is 0 Å². The van der Waals surface area contributed by atoms with Crippen LogP contribution in [0.3, 0.4) is 0 Å². The van der Waals surface area contributed by atoms with Crippen molar-refractivity contribution in [1.82, 2.24) is 20.0 Å². The Bertz CT molecular complexity index is 732. The lowest BCUT2D eigenvalue weighted by molar-refractivity contribution is -0.120.